The van der Waals surface area contributed by atoms with Gasteiger partial charge in [0.15, 0.2) is 0 Å². The summed E-state index contributed by atoms with van der Waals surface area (Å²) in [4.78, 5) is 0. The van der Waals surface area contributed by atoms with Gasteiger partial charge in [-0.2, -0.15) is 0 Å². The number of aliphatic hydroxyl groups excluding tert-OH is 6. The fraction of sp³-hybridized carbons (Fsp3) is 0.556. The first kappa shape index (κ1) is 67.5. The van der Waals surface area contributed by atoms with Crippen molar-refractivity contribution in [1.29, 1.82) is 0 Å². The Bertz CT molecular complexity index is 1250. The van der Waals surface area contributed by atoms with Crippen molar-refractivity contribution in [2.75, 3.05) is 19.6 Å². The van der Waals surface area contributed by atoms with Crippen LogP contribution in [0.3, 0.4) is 0 Å². The first-order chi connectivity index (χ1) is 25.5. The van der Waals surface area contributed by atoms with E-state index in [9.17, 15) is 0 Å². The standard InChI is InChI=1S/3C10H14.2C5H10NO2.C5H8NO2.FH.Li.3Ru/c3*1-8(2)10-6-4-9(3)5-7-10;3*7-4-2-1-3-6-5(4)8;;;;;/h3*4-8H,1-3H3;2*4-5,7-8H,1-3H2;1-2,4-5,7-8H,3H2;1H;;;;/q;;;3*-1;;+1;;;/p-1. The Balaban J connectivity index is -0.000000195. The number of aliphatic hydroxyl groups is 6. The van der Waals surface area contributed by atoms with Gasteiger partial charge in [0.1, 0.15) is 0 Å². The molecule has 59 heavy (non-hydrogen) atoms. The van der Waals surface area contributed by atoms with Gasteiger partial charge in [-0.3, -0.25) is 0 Å². The molecule has 2 fully saturated rings. The molecule has 6 rings (SSSR count). The molecule has 0 saturated carbocycles. The second-order valence-corrected chi connectivity index (χ2v) is 15.0. The predicted molar refractivity (Wildman–Crippen MR) is 224 cm³/mol. The molecule has 0 spiro atoms. The van der Waals surface area contributed by atoms with E-state index in [0.29, 0.717) is 50.2 Å². The molecule has 0 bridgehead atoms. The van der Waals surface area contributed by atoms with Crippen LogP contribution >= 0.6 is 0 Å². The van der Waals surface area contributed by atoms with Crippen LogP contribution < -0.4 is 23.6 Å². The van der Waals surface area contributed by atoms with E-state index < -0.39 is 37.0 Å². The van der Waals surface area contributed by atoms with Gasteiger partial charge in [-0.15, -0.1) is 25.7 Å². The van der Waals surface area contributed by atoms with Gasteiger partial charge in [0.25, 0.3) is 0 Å². The molecule has 3 aromatic carbocycles. The van der Waals surface area contributed by atoms with Gasteiger partial charge in [0.2, 0.25) is 0 Å². The average Bonchev–Trinajstić information content (AvgIpc) is 3.14. The Morgan fingerprint density at radius 1 is 0.475 bits per heavy atom. The van der Waals surface area contributed by atoms with Gasteiger partial charge < -0.3 is 51.3 Å². The van der Waals surface area contributed by atoms with Crippen LogP contribution in [-0.2, 0) is 58.4 Å². The van der Waals surface area contributed by atoms with Crippen molar-refractivity contribution in [1.82, 2.24) is 0 Å². The van der Waals surface area contributed by atoms with E-state index in [1.807, 2.05) is 0 Å². The molecule has 0 amide bonds. The zero-order valence-electron chi connectivity index (χ0n) is 36.7. The molecule has 6 unspecified atom stereocenters. The van der Waals surface area contributed by atoms with Crippen LogP contribution in [-0.4, -0.2) is 87.3 Å². The molecule has 14 heteroatoms. The zero-order chi connectivity index (χ0) is 40.6. The fourth-order valence-electron chi connectivity index (χ4n) is 5.02. The van der Waals surface area contributed by atoms with E-state index >= 15 is 0 Å². The van der Waals surface area contributed by atoms with Gasteiger partial charge in [-0.25, -0.2) is 0 Å². The van der Waals surface area contributed by atoms with Crippen molar-refractivity contribution in [3.63, 3.8) is 0 Å². The summed E-state index contributed by atoms with van der Waals surface area (Å²) in [6, 6.07) is 26.1. The topological polar surface area (TPSA) is 164 Å². The van der Waals surface area contributed by atoms with Crippen molar-refractivity contribution in [3.05, 3.63) is 134 Å². The SMILES string of the molecule is Cc1ccc(C(C)C)cc1.Cc1ccc(C(C)C)cc1.Cc1ccc(C(C)C)cc1.OC1C=CC[N-]C1O.OC1CCC[N-]C1O.OC1CCC[N-]C1O.[F-].[Li+].[Ru].[Ru].[Ru]. The Morgan fingerprint density at radius 2 is 0.763 bits per heavy atom. The van der Waals surface area contributed by atoms with E-state index in [0.717, 1.165) is 12.8 Å². The fourth-order valence-corrected chi connectivity index (χ4v) is 5.02. The summed E-state index contributed by atoms with van der Waals surface area (Å²) in [6.07, 6.45) is 1.89. The first-order valence-corrected chi connectivity index (χ1v) is 19.5. The third-order valence-corrected chi connectivity index (χ3v) is 8.91. The number of rotatable bonds is 3. The molecule has 0 radical (unpaired) electrons. The van der Waals surface area contributed by atoms with E-state index in [2.05, 4.69) is 151 Å². The first-order valence-electron chi connectivity index (χ1n) is 19.5. The largest absolute Gasteiger partial charge is 1.00 e. The van der Waals surface area contributed by atoms with Gasteiger partial charge in [-0.1, -0.05) is 150 Å². The van der Waals surface area contributed by atoms with Gasteiger partial charge in [0, 0.05) is 58.4 Å². The Kier molecular flexibility index (Phi) is 44.7. The molecule has 3 aliphatic heterocycles. The van der Waals surface area contributed by atoms with E-state index in [1.54, 1.807) is 6.08 Å². The summed E-state index contributed by atoms with van der Waals surface area (Å²) in [5.74, 6) is 1.96. The van der Waals surface area contributed by atoms with Crippen molar-refractivity contribution in [3.8, 4) is 0 Å². The number of hydrogen-bond donors (Lipinski definition) is 6. The number of benzene rings is 3. The maximum absolute atomic E-state index is 8.83. The maximum atomic E-state index is 8.83. The summed E-state index contributed by atoms with van der Waals surface area (Å²) in [5.41, 5.74) is 8.28. The molecule has 2 saturated heterocycles. The van der Waals surface area contributed by atoms with Gasteiger partial charge in [0.05, 0.1) is 18.3 Å². The summed E-state index contributed by atoms with van der Waals surface area (Å²) in [5, 5.41) is 63.7. The minimum absolute atomic E-state index is 0. The van der Waals surface area contributed by atoms with Gasteiger partial charge >= 0.3 is 18.9 Å². The molecule has 0 aromatic heterocycles. The Morgan fingerprint density at radius 3 is 0.932 bits per heavy atom. The van der Waals surface area contributed by atoms with Crippen molar-refractivity contribution in [2.45, 2.75) is 143 Å². The minimum atomic E-state index is -0.903. The molecular formula is C45H70FLiN3O6Ru3-3. The van der Waals surface area contributed by atoms with Crippen LogP contribution in [0.4, 0.5) is 0 Å². The van der Waals surface area contributed by atoms with Crippen LogP contribution in [0.5, 0.6) is 0 Å². The van der Waals surface area contributed by atoms with Gasteiger partial charge in [-0.05, 0) is 86.7 Å². The molecule has 3 aromatic rings. The normalized spacial score (nSPS) is 21.2. The smallest absolute Gasteiger partial charge is 1.00 e. The van der Waals surface area contributed by atoms with E-state index in [1.165, 1.54) is 39.5 Å². The molecule has 9 nitrogen and oxygen atoms in total. The second-order valence-electron chi connectivity index (χ2n) is 15.0. The predicted octanol–water partition coefficient (Wildman–Crippen LogP) is 2.63. The number of aryl methyl sites for hydroxylation is 3. The summed E-state index contributed by atoms with van der Waals surface area (Å²) in [6.45, 7) is 21.5. The summed E-state index contributed by atoms with van der Waals surface area (Å²) < 4.78 is 0. The van der Waals surface area contributed by atoms with Crippen molar-refractivity contribution in [2.24, 2.45) is 0 Å². The van der Waals surface area contributed by atoms with Crippen molar-refractivity contribution < 1.29 is 113 Å². The molecular weight excluding hydrogens is 1010 g/mol. The Hall–Kier alpha value is -0.562. The zero-order valence-corrected chi connectivity index (χ0v) is 41.9. The molecule has 0 aliphatic carbocycles. The summed E-state index contributed by atoms with van der Waals surface area (Å²) >= 11 is 0. The third-order valence-electron chi connectivity index (χ3n) is 8.91. The van der Waals surface area contributed by atoms with Crippen LogP contribution in [0.2, 0.25) is 0 Å². The van der Waals surface area contributed by atoms with Crippen LogP contribution in [0, 0.1) is 20.8 Å². The molecule has 336 valence electrons. The molecule has 3 aliphatic rings. The number of nitrogens with zero attached hydrogens (tertiary/aromatic N) is 3. The number of hydrogen-bond acceptors (Lipinski definition) is 6. The quantitative estimate of drug-likeness (QED) is 0.175. The van der Waals surface area contributed by atoms with Crippen LogP contribution in [0.1, 0.15) is 118 Å². The summed E-state index contributed by atoms with van der Waals surface area (Å²) in [7, 11) is 0. The molecule has 3 heterocycles. The second kappa shape index (κ2) is 39.1. The monoisotopic (exact) mass is 1080 g/mol. The van der Waals surface area contributed by atoms with Crippen LogP contribution in [0.25, 0.3) is 16.0 Å². The van der Waals surface area contributed by atoms with Crippen molar-refractivity contribution >= 4 is 0 Å². The third kappa shape index (κ3) is 31.9. The van der Waals surface area contributed by atoms with E-state index in [4.69, 9.17) is 30.6 Å². The molecule has 6 N–H and O–H groups in total. The Labute approximate surface area is 406 Å². The maximum Gasteiger partial charge on any atom is 1.00 e. The number of piperidine rings is 2. The average molecular weight is 1080 g/mol. The number of halogens is 1. The molecule has 6 atom stereocenters. The van der Waals surface area contributed by atoms with E-state index in [-0.39, 0.29) is 82.0 Å². The van der Waals surface area contributed by atoms with Crippen LogP contribution in [0.15, 0.2) is 84.9 Å². The minimum Gasteiger partial charge on any atom is -1.00 e.